The average molecular weight is 411 g/mol. The third-order valence-electron chi connectivity index (χ3n) is 4.68. The van der Waals surface area contributed by atoms with Crippen molar-refractivity contribution in [2.24, 2.45) is 0 Å². The van der Waals surface area contributed by atoms with Gasteiger partial charge in [-0.05, 0) is 35.9 Å². The predicted molar refractivity (Wildman–Crippen MR) is 99.1 cm³/mol. The lowest BCUT2D eigenvalue weighted by Gasteiger charge is -2.35. The molecule has 1 fully saturated rings. The Morgan fingerprint density at radius 2 is 1.46 bits per heavy atom. The summed E-state index contributed by atoms with van der Waals surface area (Å²) < 4.78 is 37.9. The summed E-state index contributed by atoms with van der Waals surface area (Å²) in [4.78, 5) is 28.2. The van der Waals surface area contributed by atoms with Crippen molar-refractivity contribution in [1.82, 2.24) is 9.80 Å². The maximum atomic E-state index is 12.6. The van der Waals surface area contributed by atoms with Gasteiger partial charge in [0.15, 0.2) is 0 Å². The lowest BCUT2D eigenvalue weighted by atomic mass is 10.1. The molecule has 1 heterocycles. The van der Waals surface area contributed by atoms with Gasteiger partial charge in [0.2, 0.25) is 5.91 Å². The van der Waals surface area contributed by atoms with Crippen LogP contribution >= 0.6 is 11.6 Å². The zero-order valence-corrected chi connectivity index (χ0v) is 15.6. The molecule has 0 aromatic heterocycles. The van der Waals surface area contributed by atoms with Crippen LogP contribution < -0.4 is 0 Å². The van der Waals surface area contributed by atoms with Gasteiger partial charge in [0, 0.05) is 36.8 Å². The fraction of sp³-hybridized carbons (Fsp3) is 0.300. The van der Waals surface area contributed by atoms with Crippen molar-refractivity contribution in [3.8, 4) is 0 Å². The highest BCUT2D eigenvalue weighted by molar-refractivity contribution is 6.31. The first-order chi connectivity index (χ1) is 13.3. The molecule has 1 saturated heterocycles. The molecule has 8 heteroatoms. The molecule has 148 valence electrons. The second-order valence-corrected chi connectivity index (χ2v) is 6.92. The van der Waals surface area contributed by atoms with Gasteiger partial charge in [-0.15, -0.1) is 0 Å². The lowest BCUT2D eigenvalue weighted by molar-refractivity contribution is -0.137. The van der Waals surface area contributed by atoms with Crippen LogP contribution in [-0.4, -0.2) is 47.8 Å². The van der Waals surface area contributed by atoms with Crippen LogP contribution in [0.3, 0.4) is 0 Å². The Kier molecular flexibility index (Phi) is 5.93. The predicted octanol–water partition coefficient (Wildman–Crippen LogP) is 3.89. The molecule has 0 aliphatic carbocycles. The quantitative estimate of drug-likeness (QED) is 0.770. The zero-order chi connectivity index (χ0) is 20.3. The molecule has 2 aromatic rings. The Balaban J connectivity index is 1.56. The number of carbonyl (C=O) groups is 2. The molecule has 0 N–H and O–H groups in total. The van der Waals surface area contributed by atoms with Crippen molar-refractivity contribution in [2.45, 2.75) is 12.6 Å². The van der Waals surface area contributed by atoms with Crippen molar-refractivity contribution in [3.05, 3.63) is 70.2 Å². The second kappa shape index (κ2) is 8.22. The number of nitrogens with zero attached hydrogens (tertiary/aromatic N) is 2. The highest BCUT2D eigenvalue weighted by atomic mass is 35.5. The smallest absolute Gasteiger partial charge is 0.339 e. The topological polar surface area (TPSA) is 40.6 Å². The minimum absolute atomic E-state index is 0.0743. The number of amides is 2. The molecule has 28 heavy (non-hydrogen) atoms. The van der Waals surface area contributed by atoms with Gasteiger partial charge >= 0.3 is 6.18 Å². The van der Waals surface area contributed by atoms with Gasteiger partial charge in [0.25, 0.3) is 5.91 Å². The summed E-state index contributed by atoms with van der Waals surface area (Å²) in [6.45, 7) is 1.40. The molecular formula is C20H18ClF3N2O2. The molecule has 0 spiro atoms. The van der Waals surface area contributed by atoms with E-state index in [9.17, 15) is 22.8 Å². The molecule has 1 aliphatic rings. The third kappa shape index (κ3) is 4.65. The van der Waals surface area contributed by atoms with E-state index >= 15 is 0 Å². The Morgan fingerprint density at radius 1 is 0.893 bits per heavy atom. The van der Waals surface area contributed by atoms with Crippen LogP contribution in [0.4, 0.5) is 13.2 Å². The molecule has 0 bridgehead atoms. The van der Waals surface area contributed by atoms with Crippen LogP contribution in [0.2, 0.25) is 5.02 Å². The fourth-order valence-corrected chi connectivity index (χ4v) is 3.26. The monoisotopic (exact) mass is 410 g/mol. The van der Waals surface area contributed by atoms with Crippen LogP contribution in [0.5, 0.6) is 0 Å². The molecule has 2 aromatic carbocycles. The number of hydrogen-bond donors (Lipinski definition) is 0. The van der Waals surface area contributed by atoms with E-state index in [1.807, 2.05) is 6.07 Å². The summed E-state index contributed by atoms with van der Waals surface area (Å²) in [5, 5.41) is 0.534. The van der Waals surface area contributed by atoms with Crippen LogP contribution in [0.1, 0.15) is 21.5 Å². The average Bonchev–Trinajstić information content (AvgIpc) is 2.69. The van der Waals surface area contributed by atoms with Crippen LogP contribution in [0.25, 0.3) is 0 Å². The number of benzene rings is 2. The van der Waals surface area contributed by atoms with Gasteiger partial charge in [-0.3, -0.25) is 9.59 Å². The lowest BCUT2D eigenvalue weighted by Crippen LogP contribution is -2.51. The van der Waals surface area contributed by atoms with E-state index in [0.717, 1.165) is 17.7 Å². The van der Waals surface area contributed by atoms with E-state index in [1.165, 1.54) is 12.1 Å². The van der Waals surface area contributed by atoms with Crippen LogP contribution in [0, 0.1) is 0 Å². The number of carbonyl (C=O) groups excluding carboxylic acids is 2. The minimum Gasteiger partial charge on any atom is -0.339 e. The molecule has 0 atom stereocenters. The molecule has 1 aliphatic heterocycles. The fourth-order valence-electron chi connectivity index (χ4n) is 3.06. The summed E-state index contributed by atoms with van der Waals surface area (Å²) in [7, 11) is 0. The Hall–Kier alpha value is -2.54. The molecule has 4 nitrogen and oxygen atoms in total. The highest BCUT2D eigenvalue weighted by Gasteiger charge is 2.31. The van der Waals surface area contributed by atoms with Crippen molar-refractivity contribution in [3.63, 3.8) is 0 Å². The van der Waals surface area contributed by atoms with Gasteiger partial charge in [0.05, 0.1) is 12.0 Å². The first-order valence-electron chi connectivity index (χ1n) is 8.73. The minimum atomic E-state index is -4.44. The maximum absolute atomic E-state index is 12.6. The normalized spacial score (nSPS) is 14.9. The van der Waals surface area contributed by atoms with Crippen molar-refractivity contribution in [1.29, 1.82) is 0 Å². The molecular weight excluding hydrogens is 393 g/mol. The van der Waals surface area contributed by atoms with E-state index in [1.54, 1.807) is 28.0 Å². The Bertz CT molecular complexity index is 860. The van der Waals surface area contributed by atoms with E-state index < -0.39 is 11.7 Å². The molecule has 0 saturated carbocycles. The largest absolute Gasteiger partial charge is 0.416 e. The summed E-state index contributed by atoms with van der Waals surface area (Å²) in [5.41, 5.74) is 0.153. The first-order valence-corrected chi connectivity index (χ1v) is 9.11. The first kappa shape index (κ1) is 20.2. The summed E-state index contributed by atoms with van der Waals surface area (Å²) >= 11 is 6.09. The Morgan fingerprint density at radius 3 is 2.04 bits per heavy atom. The van der Waals surface area contributed by atoms with Crippen LogP contribution in [-0.2, 0) is 17.4 Å². The summed E-state index contributed by atoms with van der Waals surface area (Å²) in [5.74, 6) is -0.415. The zero-order valence-electron chi connectivity index (χ0n) is 14.9. The van der Waals surface area contributed by atoms with Gasteiger partial charge in [-0.25, -0.2) is 0 Å². The standard InChI is InChI=1S/C20H18ClF3N2O2/c21-17-4-2-1-3-15(17)13-18(27)25-9-11-26(12-10-25)19(28)14-5-7-16(8-6-14)20(22,23)24/h1-8H,9-13H2. The number of alkyl halides is 3. The summed E-state index contributed by atoms with van der Waals surface area (Å²) in [6.07, 6.45) is -4.25. The maximum Gasteiger partial charge on any atom is 0.416 e. The van der Waals surface area contributed by atoms with Gasteiger partial charge in [-0.2, -0.15) is 13.2 Å². The van der Waals surface area contributed by atoms with Gasteiger partial charge in [-0.1, -0.05) is 29.8 Å². The van der Waals surface area contributed by atoms with Crippen molar-refractivity contribution in [2.75, 3.05) is 26.2 Å². The number of halogens is 4. The molecule has 3 rings (SSSR count). The summed E-state index contributed by atoms with van der Waals surface area (Å²) in [6, 6.07) is 11.3. The van der Waals surface area contributed by atoms with E-state index in [-0.39, 0.29) is 23.8 Å². The van der Waals surface area contributed by atoms with Gasteiger partial charge < -0.3 is 9.80 Å². The van der Waals surface area contributed by atoms with E-state index in [4.69, 9.17) is 11.6 Å². The molecule has 0 radical (unpaired) electrons. The molecule has 0 unspecified atom stereocenters. The van der Waals surface area contributed by atoms with Crippen molar-refractivity contribution >= 4 is 23.4 Å². The van der Waals surface area contributed by atoms with E-state index in [0.29, 0.717) is 31.2 Å². The van der Waals surface area contributed by atoms with Gasteiger partial charge in [0.1, 0.15) is 0 Å². The van der Waals surface area contributed by atoms with E-state index in [2.05, 4.69) is 0 Å². The molecule has 2 amide bonds. The van der Waals surface area contributed by atoms with Crippen molar-refractivity contribution < 1.29 is 22.8 Å². The number of rotatable bonds is 3. The number of hydrogen-bond acceptors (Lipinski definition) is 2. The SMILES string of the molecule is O=C(Cc1ccccc1Cl)N1CCN(C(=O)c2ccc(C(F)(F)F)cc2)CC1. The second-order valence-electron chi connectivity index (χ2n) is 6.52. The third-order valence-corrected chi connectivity index (χ3v) is 5.05. The van der Waals surface area contributed by atoms with Crippen LogP contribution in [0.15, 0.2) is 48.5 Å². The number of piperazine rings is 1. The highest BCUT2D eigenvalue weighted by Crippen LogP contribution is 2.29. The Labute approximate surface area is 165 Å².